The number of aryl methyl sites for hydroxylation is 1. The Bertz CT molecular complexity index is 487. The van der Waals surface area contributed by atoms with E-state index in [-0.39, 0.29) is 12.1 Å². The number of rotatable bonds is 2. The zero-order chi connectivity index (χ0) is 10.1. The summed E-state index contributed by atoms with van der Waals surface area (Å²) in [4.78, 5) is 11.5. The molecule has 0 bridgehead atoms. The lowest BCUT2D eigenvalue weighted by Gasteiger charge is -2.00. The molecule has 0 saturated carbocycles. The van der Waals surface area contributed by atoms with Crippen molar-refractivity contribution in [2.45, 2.75) is 6.32 Å². The van der Waals surface area contributed by atoms with Gasteiger partial charge in [0.1, 0.15) is 0 Å². The van der Waals surface area contributed by atoms with Gasteiger partial charge in [0.2, 0.25) is 0 Å². The minimum absolute atomic E-state index is 0.0244. The van der Waals surface area contributed by atoms with Crippen molar-refractivity contribution in [1.29, 1.82) is 0 Å². The van der Waals surface area contributed by atoms with E-state index < -0.39 is 0 Å². The molecule has 0 unspecified atom stereocenters. The Morgan fingerprint density at radius 2 is 2.14 bits per heavy atom. The van der Waals surface area contributed by atoms with Crippen molar-refractivity contribution in [3.63, 3.8) is 0 Å². The molecular formula is C11H10BNO. The molecule has 0 saturated heterocycles. The second-order valence-electron chi connectivity index (χ2n) is 3.27. The van der Waals surface area contributed by atoms with E-state index >= 15 is 0 Å². The number of Topliss-reactive ketones (excluding diaryl/α,β-unsaturated/α-hetero) is 1. The van der Waals surface area contributed by atoms with E-state index in [2.05, 4.69) is 0 Å². The van der Waals surface area contributed by atoms with Gasteiger partial charge < -0.3 is 4.57 Å². The number of para-hydroxylation sites is 1. The Balaban J connectivity index is 2.68. The first-order valence-corrected chi connectivity index (χ1v) is 4.52. The van der Waals surface area contributed by atoms with E-state index in [1.54, 1.807) is 0 Å². The lowest BCUT2D eigenvalue weighted by atomic mass is 9.99. The first-order valence-electron chi connectivity index (χ1n) is 4.52. The average Bonchev–Trinajstić information content (AvgIpc) is 2.56. The molecule has 0 fully saturated rings. The summed E-state index contributed by atoms with van der Waals surface area (Å²) < 4.78 is 1.88. The zero-order valence-corrected chi connectivity index (χ0v) is 8.03. The van der Waals surface area contributed by atoms with Gasteiger partial charge in [0.15, 0.2) is 5.78 Å². The summed E-state index contributed by atoms with van der Waals surface area (Å²) in [7, 11) is 7.21. The molecule has 1 aromatic heterocycles. The van der Waals surface area contributed by atoms with Crippen LogP contribution in [0.15, 0.2) is 30.3 Å². The molecule has 0 aliphatic heterocycles. The molecule has 0 spiro atoms. The number of benzene rings is 1. The fourth-order valence-corrected chi connectivity index (χ4v) is 1.66. The second kappa shape index (κ2) is 3.33. The third kappa shape index (κ3) is 1.25. The van der Waals surface area contributed by atoms with Gasteiger partial charge in [-0.05, 0) is 18.5 Å². The Hall–Kier alpha value is -1.51. The highest BCUT2D eigenvalue weighted by Crippen LogP contribution is 2.18. The molecule has 2 rings (SSSR count). The van der Waals surface area contributed by atoms with Crippen molar-refractivity contribution >= 4 is 24.5 Å². The highest BCUT2D eigenvalue weighted by Gasteiger charge is 2.10. The number of fused-ring (bicyclic) bond motifs is 1. The highest BCUT2D eigenvalue weighted by molar-refractivity contribution is 6.24. The number of nitrogens with zero attached hydrogens (tertiary/aromatic N) is 1. The van der Waals surface area contributed by atoms with Crippen LogP contribution in [-0.4, -0.2) is 18.2 Å². The fraction of sp³-hybridized carbons (Fsp3) is 0.182. The number of ketones is 1. The lowest BCUT2D eigenvalue weighted by molar-refractivity contribution is 0.101. The third-order valence-electron chi connectivity index (χ3n) is 2.42. The number of carbonyl (C=O) groups excluding carboxylic acids is 1. The van der Waals surface area contributed by atoms with Gasteiger partial charge in [-0.2, -0.15) is 0 Å². The van der Waals surface area contributed by atoms with Crippen LogP contribution in [0, 0.1) is 0 Å². The van der Waals surface area contributed by atoms with Crippen molar-refractivity contribution < 1.29 is 4.79 Å². The van der Waals surface area contributed by atoms with Crippen LogP contribution in [-0.2, 0) is 7.05 Å². The Labute approximate surface area is 83.9 Å². The monoisotopic (exact) mass is 183 g/mol. The molecule has 0 amide bonds. The van der Waals surface area contributed by atoms with Crippen LogP contribution in [0.4, 0.5) is 0 Å². The van der Waals surface area contributed by atoms with Crippen molar-refractivity contribution in [1.82, 2.24) is 4.57 Å². The molecule has 68 valence electrons. The van der Waals surface area contributed by atoms with E-state index in [0.717, 1.165) is 10.9 Å². The minimum Gasteiger partial charge on any atom is -0.341 e. The normalized spacial score (nSPS) is 10.6. The third-order valence-corrected chi connectivity index (χ3v) is 2.42. The molecule has 1 heterocycles. The maximum absolute atomic E-state index is 11.5. The predicted octanol–water partition coefficient (Wildman–Crippen LogP) is 1.95. The Morgan fingerprint density at radius 3 is 2.79 bits per heavy atom. The van der Waals surface area contributed by atoms with Crippen LogP contribution in [0.25, 0.3) is 10.9 Å². The summed E-state index contributed by atoms with van der Waals surface area (Å²) in [6.45, 7) is 0. The topological polar surface area (TPSA) is 22.0 Å². The van der Waals surface area contributed by atoms with E-state index in [0.29, 0.717) is 5.69 Å². The van der Waals surface area contributed by atoms with Gasteiger partial charge in [0.25, 0.3) is 0 Å². The molecule has 2 radical (unpaired) electrons. The number of hydrogen-bond acceptors (Lipinski definition) is 1. The largest absolute Gasteiger partial charge is 0.341 e. The van der Waals surface area contributed by atoms with Gasteiger partial charge in [-0.1, -0.05) is 18.2 Å². The van der Waals surface area contributed by atoms with Gasteiger partial charge in [0.05, 0.1) is 13.5 Å². The summed E-state index contributed by atoms with van der Waals surface area (Å²) in [5, 5.41) is 1.08. The number of carbonyl (C=O) groups is 1. The highest BCUT2D eigenvalue weighted by atomic mass is 16.1. The first kappa shape index (κ1) is 9.07. The Kier molecular flexibility index (Phi) is 2.16. The molecular weight excluding hydrogens is 173 g/mol. The van der Waals surface area contributed by atoms with Crippen molar-refractivity contribution in [3.05, 3.63) is 36.0 Å². The van der Waals surface area contributed by atoms with Crippen LogP contribution in [0.5, 0.6) is 0 Å². The maximum atomic E-state index is 11.5. The second-order valence-corrected chi connectivity index (χ2v) is 3.27. The average molecular weight is 183 g/mol. The smallest absolute Gasteiger partial charge is 0.170 e. The zero-order valence-electron chi connectivity index (χ0n) is 8.03. The van der Waals surface area contributed by atoms with Crippen LogP contribution in [0.3, 0.4) is 0 Å². The molecule has 0 atom stereocenters. The number of aromatic nitrogens is 1. The van der Waals surface area contributed by atoms with Crippen LogP contribution in [0.2, 0.25) is 6.32 Å². The molecule has 2 nitrogen and oxygen atoms in total. The van der Waals surface area contributed by atoms with E-state index in [4.69, 9.17) is 7.85 Å². The van der Waals surface area contributed by atoms with Crippen molar-refractivity contribution in [3.8, 4) is 0 Å². The number of hydrogen-bond donors (Lipinski definition) is 0. The van der Waals surface area contributed by atoms with Crippen LogP contribution < -0.4 is 0 Å². The molecule has 0 N–H and O–H groups in total. The molecule has 1 aromatic carbocycles. The van der Waals surface area contributed by atoms with E-state index in [1.807, 2.05) is 41.9 Å². The minimum atomic E-state index is -0.0244. The Morgan fingerprint density at radius 1 is 1.43 bits per heavy atom. The quantitative estimate of drug-likeness (QED) is 0.515. The van der Waals surface area contributed by atoms with Gasteiger partial charge >= 0.3 is 0 Å². The SMILES string of the molecule is [B]CC(=O)c1cc2ccccc2n1C. The molecule has 2 aromatic rings. The van der Waals surface area contributed by atoms with Gasteiger partial charge in [-0.3, -0.25) is 4.79 Å². The van der Waals surface area contributed by atoms with Crippen molar-refractivity contribution in [2.75, 3.05) is 0 Å². The summed E-state index contributed by atoms with van der Waals surface area (Å²) in [5.74, 6) is -0.0244. The summed E-state index contributed by atoms with van der Waals surface area (Å²) >= 11 is 0. The van der Waals surface area contributed by atoms with Gasteiger partial charge in [0, 0.05) is 18.0 Å². The molecule has 0 aliphatic rings. The van der Waals surface area contributed by atoms with Gasteiger partial charge in [-0.25, -0.2) is 0 Å². The van der Waals surface area contributed by atoms with Crippen LogP contribution >= 0.6 is 0 Å². The first-order chi connectivity index (χ1) is 6.74. The molecule has 14 heavy (non-hydrogen) atoms. The lowest BCUT2D eigenvalue weighted by Crippen LogP contribution is -2.04. The van der Waals surface area contributed by atoms with Crippen LogP contribution in [0.1, 0.15) is 10.5 Å². The van der Waals surface area contributed by atoms with E-state index in [9.17, 15) is 4.79 Å². The maximum Gasteiger partial charge on any atom is 0.170 e. The predicted molar refractivity (Wildman–Crippen MR) is 57.8 cm³/mol. The molecule has 3 heteroatoms. The fourth-order valence-electron chi connectivity index (χ4n) is 1.66. The van der Waals surface area contributed by atoms with Crippen molar-refractivity contribution in [2.24, 2.45) is 7.05 Å². The molecule has 0 aliphatic carbocycles. The standard InChI is InChI=1S/C11H10BNO/c1-13-9-5-3-2-4-8(9)6-10(13)11(14)7-12/h2-6H,7H2,1H3. The summed E-state index contributed by atoms with van der Waals surface area (Å²) in [6, 6.07) is 9.77. The van der Waals surface area contributed by atoms with Gasteiger partial charge in [-0.15, -0.1) is 0 Å². The summed E-state index contributed by atoms with van der Waals surface area (Å²) in [6.07, 6.45) is 0.0597. The summed E-state index contributed by atoms with van der Waals surface area (Å²) in [5.41, 5.74) is 1.73. The van der Waals surface area contributed by atoms with E-state index in [1.165, 1.54) is 0 Å².